The van der Waals surface area contributed by atoms with E-state index in [1.807, 2.05) is 0 Å². The summed E-state index contributed by atoms with van der Waals surface area (Å²) in [4.78, 5) is 0. The smallest absolute Gasteiger partial charge is 0.128 e. The maximum Gasteiger partial charge on any atom is 0.128 e. The second-order valence-electron chi connectivity index (χ2n) is 3.77. The van der Waals surface area contributed by atoms with Gasteiger partial charge in [-0.1, -0.05) is 0 Å². The Morgan fingerprint density at radius 3 is 2.75 bits per heavy atom. The maximum absolute atomic E-state index is 13.3. The van der Waals surface area contributed by atoms with Crippen LogP contribution in [0.25, 0.3) is 0 Å². The lowest BCUT2D eigenvalue weighted by atomic mass is 10.1. The maximum atomic E-state index is 13.3. The molecule has 1 atom stereocenters. The van der Waals surface area contributed by atoms with Crippen LogP contribution in [-0.2, 0) is 0 Å². The molecule has 16 heavy (non-hydrogen) atoms. The monoisotopic (exact) mass is 229 g/mol. The van der Waals surface area contributed by atoms with Gasteiger partial charge >= 0.3 is 0 Å². The zero-order chi connectivity index (χ0) is 12.0. The second kappa shape index (κ2) is 6.55. The summed E-state index contributed by atoms with van der Waals surface area (Å²) in [7, 11) is 0. The van der Waals surface area contributed by atoms with Gasteiger partial charge in [0.1, 0.15) is 11.6 Å². The summed E-state index contributed by atoms with van der Waals surface area (Å²) >= 11 is 0. The van der Waals surface area contributed by atoms with E-state index in [0.717, 1.165) is 18.6 Å². The van der Waals surface area contributed by atoms with Crippen molar-refractivity contribution < 1.29 is 13.9 Å². The molecule has 0 saturated heterocycles. The van der Waals surface area contributed by atoms with Crippen molar-refractivity contribution in [3.8, 4) is 0 Å². The predicted octanol–water partition coefficient (Wildman–Crippen LogP) is 2.39. The van der Waals surface area contributed by atoms with Crippen LogP contribution in [0.3, 0.4) is 0 Å². The Bertz CT molecular complexity index is 331. The van der Waals surface area contributed by atoms with E-state index in [4.69, 9.17) is 5.11 Å². The Labute approximate surface area is 94.3 Å². The van der Waals surface area contributed by atoms with E-state index >= 15 is 0 Å². The second-order valence-corrected chi connectivity index (χ2v) is 3.77. The number of halogens is 2. The van der Waals surface area contributed by atoms with Crippen molar-refractivity contribution in [3.05, 3.63) is 35.4 Å². The van der Waals surface area contributed by atoms with Crippen molar-refractivity contribution in [2.24, 2.45) is 0 Å². The molecule has 2 nitrogen and oxygen atoms in total. The van der Waals surface area contributed by atoms with Crippen molar-refractivity contribution in [2.45, 2.75) is 25.8 Å². The molecule has 1 unspecified atom stereocenters. The molecule has 0 spiro atoms. The molecule has 90 valence electrons. The average Bonchev–Trinajstić information content (AvgIpc) is 2.27. The molecule has 0 aliphatic heterocycles. The van der Waals surface area contributed by atoms with Crippen LogP contribution in [0.1, 0.15) is 31.4 Å². The number of hydrogen-bond acceptors (Lipinski definition) is 2. The van der Waals surface area contributed by atoms with Gasteiger partial charge in [-0.05, 0) is 44.5 Å². The molecule has 0 saturated carbocycles. The molecular formula is C12H17F2NO. The topological polar surface area (TPSA) is 32.3 Å². The molecule has 0 radical (unpaired) electrons. The van der Waals surface area contributed by atoms with Crippen molar-refractivity contribution in [1.82, 2.24) is 5.32 Å². The summed E-state index contributed by atoms with van der Waals surface area (Å²) in [5.41, 5.74) is 0.337. The van der Waals surface area contributed by atoms with Gasteiger partial charge in [0.15, 0.2) is 0 Å². The highest BCUT2D eigenvalue weighted by atomic mass is 19.1. The van der Waals surface area contributed by atoms with Gasteiger partial charge in [0.05, 0.1) is 0 Å². The Balaban J connectivity index is 2.51. The molecule has 0 fully saturated rings. The Kier molecular flexibility index (Phi) is 5.35. The molecule has 2 N–H and O–H groups in total. The number of nitrogens with one attached hydrogen (secondary N) is 1. The lowest BCUT2D eigenvalue weighted by Gasteiger charge is -2.14. The molecule has 1 rings (SSSR count). The first-order valence-electron chi connectivity index (χ1n) is 5.44. The number of aliphatic hydroxyl groups is 1. The summed E-state index contributed by atoms with van der Waals surface area (Å²) in [6.07, 6.45) is 1.53. The van der Waals surface area contributed by atoms with E-state index in [9.17, 15) is 8.78 Å². The highest BCUT2D eigenvalue weighted by Crippen LogP contribution is 2.17. The normalized spacial score (nSPS) is 12.8. The quantitative estimate of drug-likeness (QED) is 0.734. The third-order valence-corrected chi connectivity index (χ3v) is 2.46. The number of unbranched alkanes of at least 4 members (excludes halogenated alkanes) is 1. The van der Waals surface area contributed by atoms with Crippen LogP contribution < -0.4 is 5.32 Å². The van der Waals surface area contributed by atoms with Crippen LogP contribution in [-0.4, -0.2) is 18.3 Å². The van der Waals surface area contributed by atoms with E-state index in [-0.39, 0.29) is 12.6 Å². The molecular weight excluding hydrogens is 212 g/mol. The molecule has 0 aliphatic rings. The van der Waals surface area contributed by atoms with Crippen molar-refractivity contribution in [1.29, 1.82) is 0 Å². The van der Waals surface area contributed by atoms with Gasteiger partial charge < -0.3 is 10.4 Å². The fourth-order valence-corrected chi connectivity index (χ4v) is 1.51. The number of hydrogen-bond donors (Lipinski definition) is 2. The summed E-state index contributed by atoms with van der Waals surface area (Å²) in [5, 5.41) is 11.7. The first kappa shape index (κ1) is 13.1. The zero-order valence-corrected chi connectivity index (χ0v) is 9.34. The van der Waals surface area contributed by atoms with E-state index in [2.05, 4.69) is 5.32 Å². The summed E-state index contributed by atoms with van der Waals surface area (Å²) < 4.78 is 26.3. The number of benzene rings is 1. The highest BCUT2D eigenvalue weighted by Gasteiger charge is 2.10. The van der Waals surface area contributed by atoms with Crippen molar-refractivity contribution >= 4 is 0 Å². The molecule has 0 amide bonds. The molecule has 1 aromatic carbocycles. The highest BCUT2D eigenvalue weighted by molar-refractivity contribution is 5.21. The largest absolute Gasteiger partial charge is 0.396 e. The first-order valence-corrected chi connectivity index (χ1v) is 5.44. The Morgan fingerprint density at radius 1 is 1.31 bits per heavy atom. The van der Waals surface area contributed by atoms with Crippen LogP contribution in [0.5, 0.6) is 0 Å². The predicted molar refractivity (Wildman–Crippen MR) is 59.1 cm³/mol. The molecule has 1 aromatic rings. The molecule has 0 aliphatic carbocycles. The Hall–Kier alpha value is -1.00. The third kappa shape index (κ3) is 3.87. The molecule has 0 aromatic heterocycles. The summed E-state index contributed by atoms with van der Waals surface area (Å²) in [6, 6.07) is 3.22. The minimum atomic E-state index is -0.430. The van der Waals surface area contributed by atoms with E-state index in [0.29, 0.717) is 18.5 Å². The van der Waals surface area contributed by atoms with Crippen LogP contribution in [0, 0.1) is 11.6 Å². The van der Waals surface area contributed by atoms with Crippen LogP contribution in [0.2, 0.25) is 0 Å². The minimum absolute atomic E-state index is 0.157. The standard InChI is InChI=1S/C12H17F2NO/c1-9(15-6-2-3-7-16)11-8-10(13)4-5-12(11)14/h4-5,8-9,15-16H,2-3,6-7H2,1H3. The van der Waals surface area contributed by atoms with Gasteiger partial charge in [-0.15, -0.1) is 0 Å². The fourth-order valence-electron chi connectivity index (χ4n) is 1.51. The first-order chi connectivity index (χ1) is 7.65. The molecule has 0 heterocycles. The molecule has 4 heteroatoms. The van der Waals surface area contributed by atoms with Crippen molar-refractivity contribution in [2.75, 3.05) is 13.2 Å². The summed E-state index contributed by atoms with van der Waals surface area (Å²) in [6.45, 7) is 2.62. The minimum Gasteiger partial charge on any atom is -0.396 e. The van der Waals surface area contributed by atoms with Gasteiger partial charge in [-0.3, -0.25) is 0 Å². The fraction of sp³-hybridized carbons (Fsp3) is 0.500. The van der Waals surface area contributed by atoms with Gasteiger partial charge in [0, 0.05) is 18.2 Å². The van der Waals surface area contributed by atoms with Gasteiger partial charge in [0.2, 0.25) is 0 Å². The van der Waals surface area contributed by atoms with Gasteiger partial charge in [-0.2, -0.15) is 0 Å². The van der Waals surface area contributed by atoms with Gasteiger partial charge in [-0.25, -0.2) is 8.78 Å². The van der Waals surface area contributed by atoms with E-state index in [1.165, 1.54) is 6.07 Å². The van der Waals surface area contributed by atoms with Crippen molar-refractivity contribution in [3.63, 3.8) is 0 Å². The van der Waals surface area contributed by atoms with E-state index < -0.39 is 11.6 Å². The third-order valence-electron chi connectivity index (χ3n) is 2.46. The van der Waals surface area contributed by atoms with Crippen LogP contribution >= 0.6 is 0 Å². The summed E-state index contributed by atoms with van der Waals surface area (Å²) in [5.74, 6) is -0.830. The van der Waals surface area contributed by atoms with Crippen LogP contribution in [0.15, 0.2) is 18.2 Å². The SMILES string of the molecule is CC(NCCCCO)c1cc(F)ccc1F. The van der Waals surface area contributed by atoms with Crippen LogP contribution in [0.4, 0.5) is 8.78 Å². The van der Waals surface area contributed by atoms with E-state index in [1.54, 1.807) is 6.92 Å². The number of rotatable bonds is 6. The zero-order valence-electron chi connectivity index (χ0n) is 9.34. The Morgan fingerprint density at radius 2 is 2.06 bits per heavy atom. The number of aliphatic hydroxyl groups excluding tert-OH is 1. The lowest BCUT2D eigenvalue weighted by molar-refractivity contribution is 0.282. The lowest BCUT2D eigenvalue weighted by Crippen LogP contribution is -2.21. The van der Waals surface area contributed by atoms with Gasteiger partial charge in [0.25, 0.3) is 0 Å². The average molecular weight is 229 g/mol. The molecule has 0 bridgehead atoms.